The van der Waals surface area contributed by atoms with E-state index < -0.39 is 11.9 Å². The molecule has 0 unspecified atom stereocenters. The summed E-state index contributed by atoms with van der Waals surface area (Å²) in [4.78, 5) is 27.8. The van der Waals surface area contributed by atoms with Crippen molar-refractivity contribution in [1.82, 2.24) is 9.55 Å². The zero-order chi connectivity index (χ0) is 23.0. The van der Waals surface area contributed by atoms with Gasteiger partial charge in [0, 0.05) is 23.7 Å². The fourth-order valence-corrected chi connectivity index (χ4v) is 4.80. The van der Waals surface area contributed by atoms with Crippen LogP contribution in [-0.2, 0) is 22.5 Å². The highest BCUT2D eigenvalue weighted by Crippen LogP contribution is 2.40. The lowest BCUT2D eigenvalue weighted by Gasteiger charge is -2.27. The van der Waals surface area contributed by atoms with E-state index in [1.807, 2.05) is 4.57 Å². The van der Waals surface area contributed by atoms with Gasteiger partial charge in [0.05, 0.1) is 17.5 Å². The molecular formula is C23H26FN5O3. The summed E-state index contributed by atoms with van der Waals surface area (Å²) in [7, 11) is 0. The van der Waals surface area contributed by atoms with Crippen molar-refractivity contribution in [3.63, 3.8) is 0 Å². The van der Waals surface area contributed by atoms with Crippen LogP contribution in [0.4, 0.5) is 15.0 Å². The lowest BCUT2D eigenvalue weighted by molar-refractivity contribution is -0.122. The number of ether oxygens (including phenoxy) is 1. The molecule has 3 N–H and O–H groups in total. The van der Waals surface area contributed by atoms with Gasteiger partial charge in [-0.1, -0.05) is 13.8 Å². The summed E-state index contributed by atoms with van der Waals surface area (Å²) in [5.41, 5.74) is 7.39. The highest BCUT2D eigenvalue weighted by molar-refractivity contribution is 5.92. The number of carbonyl (C=O) groups is 2. The van der Waals surface area contributed by atoms with E-state index in [9.17, 15) is 19.2 Å². The van der Waals surface area contributed by atoms with Gasteiger partial charge in [0.1, 0.15) is 18.0 Å². The van der Waals surface area contributed by atoms with Crippen molar-refractivity contribution in [2.75, 3.05) is 5.32 Å². The summed E-state index contributed by atoms with van der Waals surface area (Å²) in [5, 5.41) is 12.3. The van der Waals surface area contributed by atoms with Crippen LogP contribution in [0.25, 0.3) is 11.3 Å². The topological polar surface area (TPSA) is 123 Å². The zero-order valence-corrected chi connectivity index (χ0v) is 18.2. The molecule has 0 bridgehead atoms. The number of aromatic nitrogens is 2. The normalized spacial score (nSPS) is 21.4. The number of carbonyl (C=O) groups excluding carboxylic acids is 2. The maximum absolute atomic E-state index is 14.8. The molecule has 1 saturated carbocycles. The van der Waals surface area contributed by atoms with Crippen molar-refractivity contribution in [1.29, 1.82) is 5.26 Å². The molecule has 0 aromatic carbocycles. The smallest absolute Gasteiger partial charge is 0.404 e. The fourth-order valence-electron chi connectivity index (χ4n) is 4.80. The van der Waals surface area contributed by atoms with Crippen LogP contribution in [0.3, 0.4) is 0 Å². The zero-order valence-electron chi connectivity index (χ0n) is 18.2. The lowest BCUT2D eigenvalue weighted by Crippen LogP contribution is -2.33. The molecule has 2 aliphatic rings. The first-order chi connectivity index (χ1) is 15.2. The van der Waals surface area contributed by atoms with Gasteiger partial charge in [-0.2, -0.15) is 5.26 Å². The Morgan fingerprint density at radius 3 is 2.88 bits per heavy atom. The Balaban J connectivity index is 1.57. The number of nitrogens with two attached hydrogens (primary N) is 1. The standard InChI is InChI=1S/C23H26FN5O3/c1-23(2)9-19-14(10-25)7-18(29(19)12-23)16-8-20(27-11-17(16)24)28-21(30)13-4-3-5-15(6-13)32-22(26)31/h7-8,11,13,15H,3-6,9,12H2,1-2H3,(H2,26,31)(H,27,28,30)/t13-,15+/m0/s1. The molecule has 1 fully saturated rings. The average molecular weight is 439 g/mol. The molecule has 2 aromatic heterocycles. The SMILES string of the molecule is CC1(C)Cc2c(C#N)cc(-c3cc(NC(=O)[C@H]4CCC[C@@H](OC(N)=O)C4)ncc3F)n2C1. The predicted octanol–water partition coefficient (Wildman–Crippen LogP) is 3.74. The van der Waals surface area contributed by atoms with Crippen LogP contribution in [0.2, 0.25) is 0 Å². The van der Waals surface area contributed by atoms with Gasteiger partial charge in [-0.05, 0) is 49.7 Å². The van der Waals surface area contributed by atoms with Crippen LogP contribution in [0, 0.1) is 28.5 Å². The minimum atomic E-state index is -0.847. The predicted molar refractivity (Wildman–Crippen MR) is 115 cm³/mol. The average Bonchev–Trinajstić information content (AvgIpc) is 3.21. The van der Waals surface area contributed by atoms with Crippen LogP contribution in [0.1, 0.15) is 50.8 Å². The second-order valence-corrected chi connectivity index (χ2v) is 9.39. The van der Waals surface area contributed by atoms with Crippen LogP contribution in [0.5, 0.6) is 0 Å². The maximum atomic E-state index is 14.8. The molecule has 2 aromatic rings. The number of hydrogen-bond acceptors (Lipinski definition) is 5. The molecule has 32 heavy (non-hydrogen) atoms. The van der Waals surface area contributed by atoms with Crippen LogP contribution >= 0.6 is 0 Å². The van der Waals surface area contributed by atoms with Crippen LogP contribution in [0.15, 0.2) is 18.3 Å². The minimum absolute atomic E-state index is 0.0258. The summed E-state index contributed by atoms with van der Waals surface area (Å²) in [6.45, 7) is 4.89. The van der Waals surface area contributed by atoms with E-state index in [0.717, 1.165) is 24.7 Å². The number of anilines is 1. The van der Waals surface area contributed by atoms with E-state index in [1.165, 1.54) is 6.07 Å². The molecule has 0 spiro atoms. The van der Waals surface area contributed by atoms with Gasteiger partial charge < -0.3 is 20.4 Å². The molecule has 1 aliphatic carbocycles. The second kappa shape index (κ2) is 8.26. The molecule has 2 amide bonds. The van der Waals surface area contributed by atoms with Crippen molar-refractivity contribution < 1.29 is 18.7 Å². The number of nitrogens with zero attached hydrogens (tertiary/aromatic N) is 3. The first-order valence-corrected chi connectivity index (χ1v) is 10.7. The highest BCUT2D eigenvalue weighted by atomic mass is 19.1. The van der Waals surface area contributed by atoms with Gasteiger partial charge in [0.25, 0.3) is 0 Å². The van der Waals surface area contributed by atoms with Crippen LogP contribution < -0.4 is 11.1 Å². The number of hydrogen-bond donors (Lipinski definition) is 2. The summed E-state index contributed by atoms with van der Waals surface area (Å²) in [6, 6.07) is 5.41. The summed E-state index contributed by atoms with van der Waals surface area (Å²) in [6.07, 6.45) is 3.04. The highest BCUT2D eigenvalue weighted by Gasteiger charge is 2.34. The largest absolute Gasteiger partial charge is 0.446 e. The molecule has 3 heterocycles. The van der Waals surface area contributed by atoms with Crippen molar-refractivity contribution >= 4 is 17.8 Å². The maximum Gasteiger partial charge on any atom is 0.404 e. The Kier molecular flexibility index (Phi) is 5.63. The Bertz CT molecular complexity index is 1120. The summed E-state index contributed by atoms with van der Waals surface area (Å²) >= 11 is 0. The van der Waals surface area contributed by atoms with E-state index >= 15 is 0 Å². The van der Waals surface area contributed by atoms with E-state index in [-0.39, 0.29) is 34.7 Å². The van der Waals surface area contributed by atoms with Gasteiger partial charge in [0.2, 0.25) is 5.91 Å². The number of amides is 2. The second-order valence-electron chi connectivity index (χ2n) is 9.39. The molecule has 9 heteroatoms. The van der Waals surface area contributed by atoms with Gasteiger partial charge >= 0.3 is 6.09 Å². The monoisotopic (exact) mass is 439 g/mol. The third-order valence-electron chi connectivity index (χ3n) is 6.22. The molecule has 2 atom stereocenters. The fraction of sp³-hybridized carbons (Fsp3) is 0.478. The van der Waals surface area contributed by atoms with Gasteiger partial charge in [-0.25, -0.2) is 14.2 Å². The minimum Gasteiger partial charge on any atom is -0.446 e. The van der Waals surface area contributed by atoms with Gasteiger partial charge in [-0.15, -0.1) is 0 Å². The van der Waals surface area contributed by atoms with Crippen molar-refractivity contribution in [2.24, 2.45) is 17.1 Å². The third kappa shape index (κ3) is 4.31. The van der Waals surface area contributed by atoms with Crippen molar-refractivity contribution in [3.8, 4) is 17.3 Å². The number of pyridine rings is 1. The van der Waals surface area contributed by atoms with E-state index in [2.05, 4.69) is 30.2 Å². The number of nitrogens with one attached hydrogen (secondary N) is 1. The van der Waals surface area contributed by atoms with Crippen molar-refractivity contribution in [2.45, 2.75) is 58.6 Å². The molecule has 4 rings (SSSR count). The molecule has 0 saturated heterocycles. The number of rotatable bonds is 4. The molecule has 0 radical (unpaired) electrons. The Morgan fingerprint density at radius 1 is 1.38 bits per heavy atom. The molecular weight excluding hydrogens is 413 g/mol. The Labute approximate surface area is 185 Å². The lowest BCUT2D eigenvalue weighted by atomic mass is 9.86. The first kappa shape index (κ1) is 21.8. The third-order valence-corrected chi connectivity index (χ3v) is 6.22. The Hall–Kier alpha value is -3.41. The first-order valence-electron chi connectivity index (χ1n) is 10.7. The quantitative estimate of drug-likeness (QED) is 0.751. The van der Waals surface area contributed by atoms with Gasteiger partial charge in [0.15, 0.2) is 5.82 Å². The van der Waals surface area contributed by atoms with E-state index in [4.69, 9.17) is 10.5 Å². The Morgan fingerprint density at radius 2 is 2.16 bits per heavy atom. The van der Waals surface area contributed by atoms with Crippen LogP contribution in [-0.4, -0.2) is 27.7 Å². The summed E-state index contributed by atoms with van der Waals surface area (Å²) < 4.78 is 21.8. The number of nitriles is 1. The van der Waals surface area contributed by atoms with Crippen molar-refractivity contribution in [3.05, 3.63) is 35.4 Å². The number of fused-ring (bicyclic) bond motifs is 1. The molecule has 1 aliphatic heterocycles. The van der Waals surface area contributed by atoms with E-state index in [1.54, 1.807) is 6.07 Å². The van der Waals surface area contributed by atoms with E-state index in [0.29, 0.717) is 37.1 Å². The number of primary amides is 1. The van der Waals surface area contributed by atoms with Gasteiger partial charge in [-0.3, -0.25) is 4.79 Å². The summed E-state index contributed by atoms with van der Waals surface area (Å²) in [5.74, 6) is -0.903. The number of halogens is 1. The molecule has 8 nitrogen and oxygen atoms in total. The molecule has 168 valence electrons.